The molecule has 0 amide bonds. The molecule has 27 heavy (non-hydrogen) atoms. The third kappa shape index (κ3) is 5.18. The summed E-state index contributed by atoms with van der Waals surface area (Å²) in [5, 5.41) is 7.50. The van der Waals surface area contributed by atoms with Crippen molar-refractivity contribution in [1.29, 1.82) is 0 Å². The minimum absolute atomic E-state index is 0.0505. The Labute approximate surface area is 159 Å². The highest BCUT2D eigenvalue weighted by atomic mass is 32.2. The van der Waals surface area contributed by atoms with Crippen LogP contribution < -0.4 is 10.0 Å². The van der Waals surface area contributed by atoms with Crippen LogP contribution in [0, 0.1) is 0 Å². The predicted octanol–water partition coefficient (Wildman–Crippen LogP) is 3.95. The second kappa shape index (κ2) is 8.37. The molecule has 0 aliphatic carbocycles. The lowest BCUT2D eigenvalue weighted by Gasteiger charge is -2.14. The molecule has 1 unspecified atom stereocenters. The van der Waals surface area contributed by atoms with E-state index in [-0.39, 0.29) is 11.8 Å². The fourth-order valence-corrected chi connectivity index (χ4v) is 3.24. The van der Waals surface area contributed by atoms with Gasteiger partial charge in [0.15, 0.2) is 5.76 Å². The van der Waals surface area contributed by atoms with Gasteiger partial charge in [-0.05, 0) is 31.5 Å². The molecule has 3 rings (SSSR count). The Morgan fingerprint density at radius 3 is 2.44 bits per heavy atom. The molecule has 0 spiro atoms. The van der Waals surface area contributed by atoms with Gasteiger partial charge in [0.2, 0.25) is 10.0 Å². The number of sulfonamides is 1. The molecule has 0 radical (unpaired) electrons. The number of hydrogen-bond acceptors (Lipinski definition) is 5. The van der Waals surface area contributed by atoms with Crippen LogP contribution in [-0.2, 0) is 16.6 Å². The number of anilines is 1. The molecular formula is C20H23N3O3S. The van der Waals surface area contributed by atoms with Gasteiger partial charge in [0.1, 0.15) is 5.69 Å². The van der Waals surface area contributed by atoms with Gasteiger partial charge in [-0.25, -0.2) is 8.42 Å². The van der Waals surface area contributed by atoms with Gasteiger partial charge in [0.05, 0.1) is 12.3 Å². The lowest BCUT2D eigenvalue weighted by Crippen LogP contribution is -2.18. The summed E-state index contributed by atoms with van der Waals surface area (Å²) >= 11 is 0. The summed E-state index contributed by atoms with van der Waals surface area (Å²) in [6, 6.07) is 19.2. The third-order valence-electron chi connectivity index (χ3n) is 4.28. The van der Waals surface area contributed by atoms with Gasteiger partial charge in [0.25, 0.3) is 0 Å². The van der Waals surface area contributed by atoms with Crippen molar-refractivity contribution in [3.63, 3.8) is 0 Å². The Balaban J connectivity index is 1.58. The van der Waals surface area contributed by atoms with Crippen LogP contribution in [0.3, 0.4) is 0 Å². The molecule has 2 N–H and O–H groups in total. The summed E-state index contributed by atoms with van der Waals surface area (Å²) in [7, 11) is -3.26. The summed E-state index contributed by atoms with van der Waals surface area (Å²) in [6.45, 7) is 4.19. The summed E-state index contributed by atoms with van der Waals surface area (Å²) < 4.78 is 31.2. The van der Waals surface area contributed by atoms with Crippen LogP contribution in [0.4, 0.5) is 5.69 Å². The van der Waals surface area contributed by atoms with E-state index in [1.54, 1.807) is 19.1 Å². The summed E-state index contributed by atoms with van der Waals surface area (Å²) in [5.74, 6) is 0.808. The molecule has 1 heterocycles. The lowest BCUT2D eigenvalue weighted by molar-refractivity contribution is 0.368. The SMILES string of the molecule is CCS(=O)(=O)Nc1ccc(C(C)NCc2cc(-c3ccccc3)no2)cc1. The molecule has 3 aromatic rings. The summed E-state index contributed by atoms with van der Waals surface area (Å²) in [4.78, 5) is 0. The van der Waals surface area contributed by atoms with Gasteiger partial charge in [0, 0.05) is 23.4 Å². The smallest absolute Gasteiger partial charge is 0.232 e. The molecule has 1 atom stereocenters. The zero-order valence-electron chi connectivity index (χ0n) is 15.3. The minimum Gasteiger partial charge on any atom is -0.359 e. The van der Waals surface area contributed by atoms with Crippen molar-refractivity contribution in [1.82, 2.24) is 10.5 Å². The molecule has 0 bridgehead atoms. The van der Waals surface area contributed by atoms with E-state index in [2.05, 4.69) is 15.2 Å². The van der Waals surface area contributed by atoms with Crippen LogP contribution in [0.15, 0.2) is 65.2 Å². The molecule has 1 aromatic heterocycles. The van der Waals surface area contributed by atoms with E-state index in [0.717, 1.165) is 22.6 Å². The van der Waals surface area contributed by atoms with E-state index in [1.807, 2.05) is 55.5 Å². The van der Waals surface area contributed by atoms with Crippen molar-refractivity contribution in [3.8, 4) is 11.3 Å². The first kappa shape index (κ1) is 19.1. The molecule has 0 aliphatic rings. The Morgan fingerprint density at radius 2 is 1.78 bits per heavy atom. The number of nitrogens with zero attached hydrogens (tertiary/aromatic N) is 1. The van der Waals surface area contributed by atoms with Crippen LogP contribution in [0.5, 0.6) is 0 Å². The molecule has 2 aromatic carbocycles. The molecule has 0 aliphatic heterocycles. The summed E-state index contributed by atoms with van der Waals surface area (Å²) in [6.07, 6.45) is 0. The highest BCUT2D eigenvalue weighted by Crippen LogP contribution is 2.20. The monoisotopic (exact) mass is 385 g/mol. The Morgan fingerprint density at radius 1 is 1.07 bits per heavy atom. The first-order valence-corrected chi connectivity index (χ1v) is 10.5. The van der Waals surface area contributed by atoms with Gasteiger partial charge < -0.3 is 9.84 Å². The number of hydrogen-bond donors (Lipinski definition) is 2. The zero-order chi connectivity index (χ0) is 19.3. The maximum absolute atomic E-state index is 11.6. The average Bonchev–Trinajstić information content (AvgIpc) is 3.16. The van der Waals surface area contributed by atoms with Crippen molar-refractivity contribution in [2.45, 2.75) is 26.4 Å². The van der Waals surface area contributed by atoms with Crippen molar-refractivity contribution in [2.75, 3.05) is 10.5 Å². The van der Waals surface area contributed by atoms with Crippen molar-refractivity contribution in [2.24, 2.45) is 0 Å². The molecule has 142 valence electrons. The fraction of sp³-hybridized carbons (Fsp3) is 0.250. The Hall–Kier alpha value is -2.64. The zero-order valence-corrected chi connectivity index (χ0v) is 16.2. The van der Waals surface area contributed by atoms with Crippen molar-refractivity contribution in [3.05, 3.63) is 72.0 Å². The molecular weight excluding hydrogens is 362 g/mol. The molecule has 6 nitrogen and oxygen atoms in total. The van der Waals surface area contributed by atoms with Crippen LogP contribution in [-0.4, -0.2) is 19.3 Å². The van der Waals surface area contributed by atoms with Gasteiger partial charge in [-0.1, -0.05) is 47.6 Å². The molecule has 0 saturated heterocycles. The van der Waals surface area contributed by atoms with E-state index in [9.17, 15) is 8.42 Å². The van der Waals surface area contributed by atoms with Gasteiger partial charge >= 0.3 is 0 Å². The normalized spacial score (nSPS) is 12.7. The van der Waals surface area contributed by atoms with Gasteiger partial charge in [-0.15, -0.1) is 0 Å². The van der Waals surface area contributed by atoms with Crippen LogP contribution in [0.25, 0.3) is 11.3 Å². The Bertz CT molecular complexity index is 967. The highest BCUT2D eigenvalue weighted by molar-refractivity contribution is 7.92. The largest absolute Gasteiger partial charge is 0.359 e. The predicted molar refractivity (Wildman–Crippen MR) is 107 cm³/mol. The highest BCUT2D eigenvalue weighted by Gasteiger charge is 2.11. The average molecular weight is 385 g/mol. The van der Waals surface area contributed by atoms with Crippen LogP contribution in [0.1, 0.15) is 31.2 Å². The first-order chi connectivity index (χ1) is 13.0. The van der Waals surface area contributed by atoms with Crippen LogP contribution >= 0.6 is 0 Å². The number of nitrogens with one attached hydrogen (secondary N) is 2. The van der Waals surface area contributed by atoms with E-state index in [0.29, 0.717) is 12.2 Å². The van der Waals surface area contributed by atoms with Gasteiger partial charge in [-0.3, -0.25) is 4.72 Å². The maximum atomic E-state index is 11.6. The molecule has 7 heteroatoms. The van der Waals surface area contributed by atoms with Crippen LogP contribution in [0.2, 0.25) is 0 Å². The molecule has 0 saturated carbocycles. The third-order valence-corrected chi connectivity index (χ3v) is 5.58. The Kier molecular flexibility index (Phi) is 5.93. The second-order valence-electron chi connectivity index (χ2n) is 6.27. The first-order valence-electron chi connectivity index (χ1n) is 8.81. The second-order valence-corrected chi connectivity index (χ2v) is 8.29. The lowest BCUT2D eigenvalue weighted by atomic mass is 10.1. The van der Waals surface area contributed by atoms with E-state index in [4.69, 9.17) is 4.52 Å². The number of benzene rings is 2. The van der Waals surface area contributed by atoms with E-state index < -0.39 is 10.0 Å². The topological polar surface area (TPSA) is 84.2 Å². The fourth-order valence-electron chi connectivity index (χ4n) is 2.60. The number of aromatic nitrogens is 1. The molecule has 0 fully saturated rings. The maximum Gasteiger partial charge on any atom is 0.232 e. The van der Waals surface area contributed by atoms with E-state index >= 15 is 0 Å². The van der Waals surface area contributed by atoms with Crippen molar-refractivity contribution >= 4 is 15.7 Å². The van der Waals surface area contributed by atoms with E-state index in [1.165, 1.54) is 0 Å². The standard InChI is InChI=1S/C20H23N3O3S/c1-3-27(24,25)23-18-11-9-16(10-12-18)15(2)21-14-19-13-20(22-26-19)17-7-5-4-6-8-17/h4-13,15,21,23H,3,14H2,1-2H3. The minimum atomic E-state index is -3.26. The quantitative estimate of drug-likeness (QED) is 0.613. The number of rotatable bonds is 8. The van der Waals surface area contributed by atoms with Gasteiger partial charge in [-0.2, -0.15) is 0 Å². The van der Waals surface area contributed by atoms with Crippen molar-refractivity contribution < 1.29 is 12.9 Å². The summed E-state index contributed by atoms with van der Waals surface area (Å²) in [5.41, 5.74) is 3.45.